The molecule has 0 radical (unpaired) electrons. The fraction of sp³-hybridized carbons (Fsp3) is 0.462. The molecule has 1 fully saturated rings. The Labute approximate surface area is 119 Å². The number of carbonyl (C=O) groups excluding carboxylic acids is 1. The summed E-state index contributed by atoms with van der Waals surface area (Å²) in [5, 5.41) is 26.2. The summed E-state index contributed by atoms with van der Waals surface area (Å²) < 4.78 is 14.1. The van der Waals surface area contributed by atoms with Gasteiger partial charge in [0.25, 0.3) is 0 Å². The SMILES string of the molecule is O=C1Nc2c(F)cc([N+](=O)[O-])c(O)c2C2(CCCCC2)N1. The van der Waals surface area contributed by atoms with E-state index in [9.17, 15) is 24.4 Å². The second-order valence-electron chi connectivity index (χ2n) is 5.46. The van der Waals surface area contributed by atoms with E-state index < -0.39 is 33.7 Å². The van der Waals surface area contributed by atoms with E-state index in [2.05, 4.69) is 10.6 Å². The van der Waals surface area contributed by atoms with Crippen molar-refractivity contribution < 1.29 is 19.2 Å². The number of anilines is 1. The van der Waals surface area contributed by atoms with Crippen molar-refractivity contribution in [1.29, 1.82) is 0 Å². The molecule has 1 saturated carbocycles. The van der Waals surface area contributed by atoms with Gasteiger partial charge in [-0.15, -0.1) is 0 Å². The van der Waals surface area contributed by atoms with Crippen molar-refractivity contribution >= 4 is 17.4 Å². The monoisotopic (exact) mass is 295 g/mol. The largest absolute Gasteiger partial charge is 0.502 e. The minimum Gasteiger partial charge on any atom is -0.502 e. The zero-order valence-corrected chi connectivity index (χ0v) is 11.1. The highest BCUT2D eigenvalue weighted by Gasteiger charge is 2.45. The topological polar surface area (TPSA) is 104 Å². The van der Waals surface area contributed by atoms with Crippen molar-refractivity contribution in [3.8, 4) is 5.75 Å². The molecular formula is C13H14FN3O4. The highest BCUT2D eigenvalue weighted by Crippen LogP contribution is 2.50. The Kier molecular flexibility index (Phi) is 2.96. The molecule has 1 aliphatic carbocycles. The van der Waals surface area contributed by atoms with Gasteiger partial charge in [-0.3, -0.25) is 10.1 Å². The number of amides is 2. The predicted molar refractivity (Wildman–Crippen MR) is 71.6 cm³/mol. The first-order valence-electron chi connectivity index (χ1n) is 6.74. The van der Waals surface area contributed by atoms with Gasteiger partial charge < -0.3 is 15.7 Å². The van der Waals surface area contributed by atoms with Crippen LogP contribution in [0.5, 0.6) is 5.75 Å². The van der Waals surface area contributed by atoms with Crippen LogP contribution in [0.4, 0.5) is 20.6 Å². The fourth-order valence-electron chi connectivity index (χ4n) is 3.31. The molecule has 21 heavy (non-hydrogen) atoms. The van der Waals surface area contributed by atoms with Crippen LogP contribution < -0.4 is 10.6 Å². The number of nitro benzene ring substituents is 1. The van der Waals surface area contributed by atoms with Crippen LogP contribution in [0.25, 0.3) is 0 Å². The van der Waals surface area contributed by atoms with E-state index >= 15 is 0 Å². The first-order valence-corrected chi connectivity index (χ1v) is 6.74. The number of benzene rings is 1. The minimum atomic E-state index is -0.938. The number of nitrogens with one attached hydrogen (secondary N) is 2. The first kappa shape index (κ1) is 13.6. The molecule has 8 heteroatoms. The second kappa shape index (κ2) is 4.57. The number of phenolic OH excluding ortho intramolecular Hbond substituents is 1. The third-order valence-electron chi connectivity index (χ3n) is 4.21. The lowest BCUT2D eigenvalue weighted by atomic mass is 9.74. The zero-order chi connectivity index (χ0) is 15.2. The molecular weight excluding hydrogens is 281 g/mol. The Hall–Kier alpha value is -2.38. The first-order chi connectivity index (χ1) is 9.94. The predicted octanol–water partition coefficient (Wildman–Crippen LogP) is 2.73. The molecule has 2 amide bonds. The lowest BCUT2D eigenvalue weighted by Crippen LogP contribution is -2.53. The van der Waals surface area contributed by atoms with Gasteiger partial charge in [-0.05, 0) is 12.8 Å². The number of hydrogen-bond donors (Lipinski definition) is 3. The van der Waals surface area contributed by atoms with E-state index in [4.69, 9.17) is 0 Å². The van der Waals surface area contributed by atoms with E-state index in [0.29, 0.717) is 18.9 Å². The molecule has 0 unspecified atom stereocenters. The highest BCUT2D eigenvalue weighted by molar-refractivity contribution is 5.95. The Bertz CT molecular complexity index is 641. The van der Waals surface area contributed by atoms with Gasteiger partial charge in [0, 0.05) is 0 Å². The van der Waals surface area contributed by atoms with Crippen molar-refractivity contribution in [2.24, 2.45) is 0 Å². The normalized spacial score (nSPS) is 19.6. The maximum atomic E-state index is 14.1. The van der Waals surface area contributed by atoms with E-state index in [1.807, 2.05) is 0 Å². The Morgan fingerprint density at radius 1 is 1.33 bits per heavy atom. The summed E-state index contributed by atoms with van der Waals surface area (Å²) in [5.74, 6) is -1.49. The van der Waals surface area contributed by atoms with Gasteiger partial charge in [0.15, 0.2) is 5.82 Å². The number of urea groups is 1. The lowest BCUT2D eigenvalue weighted by molar-refractivity contribution is -0.386. The molecule has 1 heterocycles. The zero-order valence-electron chi connectivity index (χ0n) is 11.1. The van der Waals surface area contributed by atoms with Crippen LogP contribution in [0.2, 0.25) is 0 Å². The van der Waals surface area contributed by atoms with Crippen molar-refractivity contribution in [2.45, 2.75) is 37.6 Å². The van der Waals surface area contributed by atoms with E-state index in [1.54, 1.807) is 0 Å². The van der Waals surface area contributed by atoms with Crippen LogP contribution in [-0.4, -0.2) is 16.1 Å². The number of hydrogen-bond acceptors (Lipinski definition) is 4. The van der Waals surface area contributed by atoms with Gasteiger partial charge in [0.2, 0.25) is 5.75 Å². The molecule has 3 N–H and O–H groups in total. The molecule has 7 nitrogen and oxygen atoms in total. The summed E-state index contributed by atoms with van der Waals surface area (Å²) in [6, 6.07) is 0.0765. The number of aromatic hydroxyl groups is 1. The quantitative estimate of drug-likeness (QED) is 0.547. The van der Waals surface area contributed by atoms with Crippen LogP contribution >= 0.6 is 0 Å². The third kappa shape index (κ3) is 1.98. The summed E-state index contributed by atoms with van der Waals surface area (Å²) in [6.45, 7) is 0. The summed E-state index contributed by atoms with van der Waals surface area (Å²) in [4.78, 5) is 21.9. The van der Waals surface area contributed by atoms with Crippen molar-refractivity contribution in [2.75, 3.05) is 5.32 Å². The number of halogens is 1. The highest BCUT2D eigenvalue weighted by atomic mass is 19.1. The average Bonchev–Trinajstić information content (AvgIpc) is 2.42. The van der Waals surface area contributed by atoms with Gasteiger partial charge in [-0.25, -0.2) is 9.18 Å². The average molecular weight is 295 g/mol. The molecule has 1 aromatic rings. The summed E-state index contributed by atoms with van der Waals surface area (Å²) in [6.07, 6.45) is 3.59. The van der Waals surface area contributed by atoms with Crippen molar-refractivity contribution in [1.82, 2.24) is 5.32 Å². The van der Waals surface area contributed by atoms with Gasteiger partial charge >= 0.3 is 11.7 Å². The van der Waals surface area contributed by atoms with Crippen LogP contribution in [0.15, 0.2) is 6.07 Å². The summed E-state index contributed by atoms with van der Waals surface area (Å²) >= 11 is 0. The molecule has 0 bridgehead atoms. The third-order valence-corrected chi connectivity index (χ3v) is 4.21. The van der Waals surface area contributed by atoms with Crippen molar-refractivity contribution in [3.63, 3.8) is 0 Å². The fourth-order valence-corrected chi connectivity index (χ4v) is 3.31. The number of nitrogens with zero attached hydrogens (tertiary/aromatic N) is 1. The van der Waals surface area contributed by atoms with Crippen molar-refractivity contribution in [3.05, 3.63) is 27.6 Å². The number of nitro groups is 1. The summed E-state index contributed by atoms with van der Waals surface area (Å²) in [5.41, 5.74) is -1.70. The molecule has 1 aliphatic heterocycles. The van der Waals surface area contributed by atoms with Gasteiger partial charge in [-0.2, -0.15) is 0 Å². The second-order valence-corrected chi connectivity index (χ2v) is 5.46. The lowest BCUT2D eigenvalue weighted by Gasteiger charge is -2.42. The molecule has 1 aromatic carbocycles. The van der Waals surface area contributed by atoms with E-state index in [0.717, 1.165) is 19.3 Å². The van der Waals surface area contributed by atoms with E-state index in [-0.39, 0.29) is 11.3 Å². The standard InChI is InChI=1S/C13H14FN3O4/c14-7-6-8(17(20)21)11(18)9-10(7)15-12(19)16-13(9)4-2-1-3-5-13/h6,18H,1-5H2,(H2,15,16,19). The van der Waals surface area contributed by atoms with Crippen LogP contribution in [-0.2, 0) is 5.54 Å². The van der Waals surface area contributed by atoms with Gasteiger partial charge in [0.1, 0.15) is 0 Å². The van der Waals surface area contributed by atoms with Crippen LogP contribution in [0, 0.1) is 15.9 Å². The molecule has 0 atom stereocenters. The molecule has 1 spiro atoms. The maximum absolute atomic E-state index is 14.1. The van der Waals surface area contributed by atoms with Gasteiger partial charge in [-0.1, -0.05) is 19.3 Å². The molecule has 0 saturated heterocycles. The molecule has 3 rings (SSSR count). The molecule has 2 aliphatic rings. The summed E-state index contributed by atoms with van der Waals surface area (Å²) in [7, 11) is 0. The number of fused-ring (bicyclic) bond motifs is 2. The Balaban J connectivity index is 2.27. The molecule has 0 aromatic heterocycles. The maximum Gasteiger partial charge on any atom is 0.320 e. The number of phenols is 1. The van der Waals surface area contributed by atoms with Gasteiger partial charge in [0.05, 0.1) is 27.8 Å². The Morgan fingerprint density at radius 3 is 2.62 bits per heavy atom. The minimum absolute atomic E-state index is 0.0912. The number of rotatable bonds is 1. The number of carbonyl (C=O) groups is 1. The van der Waals surface area contributed by atoms with Crippen LogP contribution in [0.3, 0.4) is 0 Å². The van der Waals surface area contributed by atoms with Crippen LogP contribution in [0.1, 0.15) is 37.7 Å². The smallest absolute Gasteiger partial charge is 0.320 e. The molecule has 112 valence electrons. The Morgan fingerprint density at radius 2 is 2.00 bits per heavy atom. The van der Waals surface area contributed by atoms with E-state index in [1.165, 1.54) is 0 Å².